The van der Waals surface area contributed by atoms with Gasteiger partial charge in [-0.15, -0.1) is 11.3 Å². The fourth-order valence-corrected chi connectivity index (χ4v) is 5.69. The molecular weight excluding hydrogens is 494 g/mol. The van der Waals surface area contributed by atoms with Gasteiger partial charge in [-0.1, -0.05) is 60.2 Å². The summed E-state index contributed by atoms with van der Waals surface area (Å²) in [5.41, 5.74) is 5.38. The molecule has 0 unspecified atom stereocenters. The number of thiophene rings is 1. The van der Waals surface area contributed by atoms with Gasteiger partial charge >= 0.3 is 0 Å². The molecule has 3 aromatic carbocycles. The number of nitrogens with one attached hydrogen (secondary N) is 1. The highest BCUT2D eigenvalue weighted by Gasteiger charge is 2.36. The summed E-state index contributed by atoms with van der Waals surface area (Å²) in [7, 11) is 1.62. The number of H-pyrrole nitrogens is 1. The predicted molar refractivity (Wildman–Crippen MR) is 152 cm³/mol. The number of aromatic amines is 1. The fraction of sp³-hybridized carbons (Fsp3) is 0.129. The summed E-state index contributed by atoms with van der Waals surface area (Å²) >= 11 is 1.38. The smallest absolute Gasteiger partial charge is 0.284 e. The lowest BCUT2D eigenvalue weighted by Gasteiger charge is -2.21. The van der Waals surface area contributed by atoms with Crippen molar-refractivity contribution in [1.29, 1.82) is 0 Å². The van der Waals surface area contributed by atoms with Gasteiger partial charge in [-0.25, -0.2) is 5.01 Å². The van der Waals surface area contributed by atoms with E-state index in [0.717, 1.165) is 38.9 Å². The Kier molecular flexibility index (Phi) is 6.13. The highest BCUT2D eigenvalue weighted by atomic mass is 32.1. The maximum absolute atomic E-state index is 13.7. The molecule has 6 nitrogen and oxygen atoms in total. The minimum Gasteiger partial charge on any atom is -0.497 e. The number of aryl methyl sites for hydroxylation is 1. The third-order valence-corrected chi connectivity index (χ3v) is 7.73. The van der Waals surface area contributed by atoms with E-state index in [1.807, 2.05) is 85.1 Å². The van der Waals surface area contributed by atoms with Crippen molar-refractivity contribution in [1.82, 2.24) is 9.99 Å². The highest BCUT2D eigenvalue weighted by molar-refractivity contribution is 7.12. The molecule has 1 aliphatic rings. The number of pyridine rings is 1. The van der Waals surface area contributed by atoms with Gasteiger partial charge in [0.2, 0.25) is 0 Å². The summed E-state index contributed by atoms with van der Waals surface area (Å²) in [4.78, 5) is 30.9. The maximum Gasteiger partial charge on any atom is 0.284 e. The number of rotatable bonds is 5. The standard InChI is InChI=1S/C31H25N3O3S/c1-19-10-15-24-23(17-19)28(21-7-4-3-5-8-21)29(30(35)32-24)25-18-26(20-11-13-22(37-2)14-12-20)34(33-25)31(36)27-9-6-16-38-27/h3-17,26H,18H2,1-2H3,(H,32,35)/t26-/m1/s1. The number of fused-ring (bicyclic) bond motifs is 1. The molecule has 5 aromatic rings. The molecule has 0 spiro atoms. The van der Waals surface area contributed by atoms with Gasteiger partial charge in [-0.3, -0.25) is 9.59 Å². The Bertz CT molecular complexity index is 1720. The van der Waals surface area contributed by atoms with Gasteiger partial charge in [-0.2, -0.15) is 5.10 Å². The van der Waals surface area contributed by atoms with Crippen LogP contribution in [0.2, 0.25) is 0 Å². The van der Waals surface area contributed by atoms with Gasteiger partial charge in [-0.05, 0) is 53.8 Å². The molecule has 0 saturated heterocycles. The van der Waals surface area contributed by atoms with Crippen molar-refractivity contribution in [3.05, 3.63) is 122 Å². The Morgan fingerprint density at radius 3 is 2.50 bits per heavy atom. The van der Waals surface area contributed by atoms with Crippen molar-refractivity contribution in [2.24, 2.45) is 5.10 Å². The number of amides is 1. The first-order valence-electron chi connectivity index (χ1n) is 12.3. The van der Waals surface area contributed by atoms with E-state index in [9.17, 15) is 9.59 Å². The van der Waals surface area contributed by atoms with Crippen LogP contribution in [0.1, 0.15) is 38.8 Å². The first-order chi connectivity index (χ1) is 18.5. The Balaban J connectivity index is 1.56. The Labute approximate surface area is 223 Å². The van der Waals surface area contributed by atoms with E-state index >= 15 is 0 Å². The number of methoxy groups -OCH3 is 1. The molecule has 0 fully saturated rings. The summed E-state index contributed by atoms with van der Waals surface area (Å²) in [6.45, 7) is 2.03. The first-order valence-corrected chi connectivity index (χ1v) is 13.2. The van der Waals surface area contributed by atoms with Crippen LogP contribution in [0.4, 0.5) is 0 Å². The van der Waals surface area contributed by atoms with E-state index < -0.39 is 0 Å². The zero-order chi connectivity index (χ0) is 26.2. The number of carbonyl (C=O) groups excluding carboxylic acids is 1. The molecule has 1 amide bonds. The lowest BCUT2D eigenvalue weighted by molar-refractivity contribution is 0.0716. The van der Waals surface area contributed by atoms with E-state index in [-0.39, 0.29) is 17.5 Å². The van der Waals surface area contributed by atoms with Crippen molar-refractivity contribution in [3.63, 3.8) is 0 Å². The number of ether oxygens (including phenoxy) is 1. The first kappa shape index (κ1) is 23.9. The highest BCUT2D eigenvalue weighted by Crippen LogP contribution is 2.38. The van der Waals surface area contributed by atoms with E-state index in [2.05, 4.69) is 11.1 Å². The van der Waals surface area contributed by atoms with Gasteiger partial charge in [0.15, 0.2) is 0 Å². The third-order valence-electron chi connectivity index (χ3n) is 6.87. The van der Waals surface area contributed by atoms with Crippen LogP contribution in [-0.4, -0.2) is 28.7 Å². The van der Waals surface area contributed by atoms with Crippen LogP contribution in [0.15, 0.2) is 100 Å². The number of hydrazone groups is 1. The van der Waals surface area contributed by atoms with Crippen LogP contribution in [-0.2, 0) is 0 Å². The van der Waals surface area contributed by atoms with Gasteiger partial charge in [0, 0.05) is 22.9 Å². The van der Waals surface area contributed by atoms with E-state index in [4.69, 9.17) is 9.84 Å². The Morgan fingerprint density at radius 2 is 1.79 bits per heavy atom. The second-order valence-electron chi connectivity index (χ2n) is 9.29. The van der Waals surface area contributed by atoms with Crippen LogP contribution in [0, 0.1) is 6.92 Å². The lowest BCUT2D eigenvalue weighted by Crippen LogP contribution is -2.26. The zero-order valence-corrected chi connectivity index (χ0v) is 21.8. The third kappa shape index (κ3) is 4.21. The average molecular weight is 520 g/mol. The molecule has 1 atom stereocenters. The number of benzene rings is 3. The van der Waals surface area contributed by atoms with Crippen LogP contribution in [0.25, 0.3) is 22.0 Å². The molecule has 0 radical (unpaired) electrons. The lowest BCUT2D eigenvalue weighted by atomic mass is 9.90. The second-order valence-corrected chi connectivity index (χ2v) is 10.2. The van der Waals surface area contributed by atoms with Crippen LogP contribution in [0.3, 0.4) is 0 Å². The quantitative estimate of drug-likeness (QED) is 0.286. The fourth-order valence-electron chi connectivity index (χ4n) is 5.03. The van der Waals surface area contributed by atoms with Crippen molar-refractivity contribution < 1.29 is 9.53 Å². The largest absolute Gasteiger partial charge is 0.497 e. The normalized spacial score (nSPS) is 15.1. The Hall–Kier alpha value is -4.49. The molecule has 0 saturated carbocycles. The number of carbonyl (C=O) groups is 1. The van der Waals surface area contributed by atoms with Gasteiger partial charge < -0.3 is 9.72 Å². The summed E-state index contributed by atoms with van der Waals surface area (Å²) in [5.74, 6) is 0.543. The molecule has 38 heavy (non-hydrogen) atoms. The van der Waals surface area contributed by atoms with Crippen molar-refractivity contribution in [2.75, 3.05) is 7.11 Å². The minimum absolute atomic E-state index is 0.190. The van der Waals surface area contributed by atoms with Crippen molar-refractivity contribution >= 4 is 33.9 Å². The van der Waals surface area contributed by atoms with Crippen LogP contribution in [0.5, 0.6) is 5.75 Å². The molecule has 188 valence electrons. The van der Waals surface area contributed by atoms with Crippen LogP contribution >= 0.6 is 11.3 Å². The van der Waals surface area contributed by atoms with Crippen LogP contribution < -0.4 is 10.3 Å². The number of nitrogens with zero attached hydrogens (tertiary/aromatic N) is 2. The number of hydrogen-bond acceptors (Lipinski definition) is 5. The molecule has 1 aliphatic heterocycles. The van der Waals surface area contributed by atoms with Gasteiger partial charge in [0.25, 0.3) is 11.5 Å². The zero-order valence-electron chi connectivity index (χ0n) is 21.0. The monoisotopic (exact) mass is 519 g/mol. The topological polar surface area (TPSA) is 74.8 Å². The summed E-state index contributed by atoms with van der Waals surface area (Å²) < 4.78 is 5.33. The van der Waals surface area contributed by atoms with Gasteiger partial charge in [0.05, 0.1) is 29.3 Å². The molecule has 1 N–H and O–H groups in total. The summed E-state index contributed by atoms with van der Waals surface area (Å²) in [6, 6.07) is 26.8. The number of aromatic nitrogens is 1. The SMILES string of the molecule is COc1ccc([C@H]2CC(c3c(-c4ccccc4)c4cc(C)ccc4[nH]c3=O)=NN2C(=O)c2cccs2)cc1. The predicted octanol–water partition coefficient (Wildman–Crippen LogP) is 6.57. The molecule has 0 bridgehead atoms. The molecular formula is C31H25N3O3S. The van der Waals surface area contributed by atoms with Crippen molar-refractivity contribution in [2.45, 2.75) is 19.4 Å². The van der Waals surface area contributed by atoms with E-state index in [0.29, 0.717) is 22.6 Å². The van der Waals surface area contributed by atoms with E-state index in [1.165, 1.54) is 16.3 Å². The second kappa shape index (κ2) is 9.76. The maximum atomic E-state index is 13.7. The molecule has 6 rings (SSSR count). The van der Waals surface area contributed by atoms with E-state index in [1.54, 1.807) is 13.2 Å². The summed E-state index contributed by atoms with van der Waals surface area (Å²) in [5, 5.41) is 9.19. The molecule has 7 heteroatoms. The summed E-state index contributed by atoms with van der Waals surface area (Å²) in [6.07, 6.45) is 0.406. The van der Waals surface area contributed by atoms with Gasteiger partial charge in [0.1, 0.15) is 5.75 Å². The average Bonchev–Trinajstić information content (AvgIpc) is 3.64. The molecule has 2 aromatic heterocycles. The van der Waals surface area contributed by atoms with Crippen molar-refractivity contribution in [3.8, 4) is 16.9 Å². The Morgan fingerprint density at radius 1 is 1.00 bits per heavy atom. The minimum atomic E-state index is -0.360. The molecule has 3 heterocycles. The molecule has 0 aliphatic carbocycles. The number of hydrogen-bond donors (Lipinski definition) is 1.